The number of nitrogens with zero attached hydrogens (tertiary/aromatic N) is 1. The van der Waals surface area contributed by atoms with Gasteiger partial charge in [0.2, 0.25) is 10.0 Å². The Morgan fingerprint density at radius 2 is 1.72 bits per heavy atom. The number of anilines is 2. The van der Waals surface area contributed by atoms with Crippen LogP contribution in [0.5, 0.6) is 5.75 Å². The van der Waals surface area contributed by atoms with E-state index in [0.29, 0.717) is 12.8 Å². The number of carbonyl (C=O) groups excluding carboxylic acids is 1. The van der Waals surface area contributed by atoms with E-state index >= 15 is 0 Å². The zero-order chi connectivity index (χ0) is 24.1. The van der Waals surface area contributed by atoms with Gasteiger partial charge in [0.05, 0.1) is 21.4 Å². The van der Waals surface area contributed by atoms with Gasteiger partial charge in [0.25, 0.3) is 0 Å². The molecule has 2 rings (SSSR count). The molecule has 0 aliphatic heterocycles. The molecule has 0 spiro atoms. The third-order valence-electron chi connectivity index (χ3n) is 4.44. The predicted octanol–water partition coefficient (Wildman–Crippen LogP) is 2.78. The molecule has 0 aliphatic carbocycles. The van der Waals surface area contributed by atoms with Gasteiger partial charge in [0.15, 0.2) is 5.75 Å². The van der Waals surface area contributed by atoms with Gasteiger partial charge in [0.1, 0.15) is 10.9 Å². The minimum Gasteiger partial charge on any atom is -0.504 e. The van der Waals surface area contributed by atoms with Crippen molar-refractivity contribution in [1.82, 2.24) is 4.72 Å². The Labute approximate surface area is 194 Å². The smallest absolute Gasteiger partial charge is 0.324 e. The number of benzene rings is 2. The second-order valence-electron chi connectivity index (χ2n) is 6.71. The number of hydrogen-bond donors (Lipinski definition) is 5. The number of nitrogens with one attached hydrogen (secondary N) is 1. The van der Waals surface area contributed by atoms with Crippen LogP contribution in [-0.2, 0) is 14.8 Å². The molecule has 1 unspecified atom stereocenters. The summed E-state index contributed by atoms with van der Waals surface area (Å²) < 4.78 is 27.9. The first-order valence-electron chi connectivity index (χ1n) is 9.31. The maximum absolute atomic E-state index is 12.8. The molecule has 0 saturated heterocycles. The number of primary amides is 1. The zero-order valence-electron chi connectivity index (χ0n) is 16.7. The first-order valence-corrected chi connectivity index (χ1v) is 11.5. The van der Waals surface area contributed by atoms with Crippen LogP contribution in [0.2, 0.25) is 10.0 Å². The largest absolute Gasteiger partial charge is 0.504 e. The molecule has 0 aliphatic rings. The minimum absolute atomic E-state index is 0.0568. The highest BCUT2D eigenvalue weighted by atomic mass is 35.5. The molecule has 32 heavy (non-hydrogen) atoms. The molecule has 0 bridgehead atoms. The number of halogens is 2. The first-order chi connectivity index (χ1) is 15.0. The summed E-state index contributed by atoms with van der Waals surface area (Å²) in [6.45, 7) is -0.0568. The molecular weight excluding hydrogens is 483 g/mol. The van der Waals surface area contributed by atoms with Crippen LogP contribution in [0.3, 0.4) is 0 Å². The molecule has 0 aromatic heterocycles. The molecule has 174 valence electrons. The van der Waals surface area contributed by atoms with Crippen molar-refractivity contribution in [3.05, 3.63) is 46.4 Å². The highest BCUT2D eigenvalue weighted by Gasteiger charge is 2.29. The van der Waals surface area contributed by atoms with Gasteiger partial charge in [-0.2, -0.15) is 0 Å². The summed E-state index contributed by atoms with van der Waals surface area (Å²) in [6, 6.07) is 6.55. The van der Waals surface area contributed by atoms with Crippen molar-refractivity contribution in [2.24, 2.45) is 11.5 Å². The number of aliphatic carboxylic acids is 1. The maximum Gasteiger partial charge on any atom is 0.324 e. The van der Waals surface area contributed by atoms with E-state index in [1.807, 2.05) is 0 Å². The Morgan fingerprint density at radius 3 is 2.31 bits per heavy atom. The molecular formula is C19H22Cl2N4O6S. The molecule has 1 atom stereocenters. The van der Waals surface area contributed by atoms with E-state index in [0.717, 1.165) is 4.90 Å². The lowest BCUT2D eigenvalue weighted by atomic mass is 10.1. The number of hydrogen-bond acceptors (Lipinski definition) is 6. The lowest BCUT2D eigenvalue weighted by Gasteiger charge is -2.24. The Kier molecular flexibility index (Phi) is 8.70. The van der Waals surface area contributed by atoms with Crippen LogP contribution in [0.15, 0.2) is 41.3 Å². The van der Waals surface area contributed by atoms with Crippen LogP contribution in [-0.4, -0.2) is 43.2 Å². The van der Waals surface area contributed by atoms with Gasteiger partial charge >= 0.3 is 12.0 Å². The van der Waals surface area contributed by atoms with Gasteiger partial charge in [-0.3, -0.25) is 9.69 Å². The van der Waals surface area contributed by atoms with Crippen molar-refractivity contribution in [2.75, 3.05) is 11.4 Å². The van der Waals surface area contributed by atoms with Gasteiger partial charge < -0.3 is 21.7 Å². The summed E-state index contributed by atoms with van der Waals surface area (Å²) in [5.41, 5.74) is 10.8. The fourth-order valence-corrected chi connectivity index (χ4v) is 4.78. The third-order valence-corrected chi connectivity index (χ3v) is 6.72. The Morgan fingerprint density at radius 1 is 1.06 bits per heavy atom. The van der Waals surface area contributed by atoms with Crippen molar-refractivity contribution in [1.29, 1.82) is 0 Å². The number of sulfonamides is 1. The zero-order valence-corrected chi connectivity index (χ0v) is 19.0. The molecule has 10 nitrogen and oxygen atoms in total. The highest BCUT2D eigenvalue weighted by Crippen LogP contribution is 2.42. The van der Waals surface area contributed by atoms with Crippen LogP contribution in [0.25, 0.3) is 0 Å². The normalized spacial score (nSPS) is 12.3. The van der Waals surface area contributed by atoms with Crippen molar-refractivity contribution in [2.45, 2.75) is 30.2 Å². The SMILES string of the molecule is NC(=O)N(c1ccccc1Cl)c1ccc(Cl)c(S(=O)(=O)NCCCCC(N)C(=O)O)c1O. The van der Waals surface area contributed by atoms with E-state index in [1.54, 1.807) is 12.1 Å². The number of carbonyl (C=O) groups is 2. The number of urea groups is 1. The van der Waals surface area contributed by atoms with Gasteiger partial charge in [-0.1, -0.05) is 41.8 Å². The lowest BCUT2D eigenvalue weighted by molar-refractivity contribution is -0.138. The third kappa shape index (κ3) is 6.02. The molecule has 13 heteroatoms. The summed E-state index contributed by atoms with van der Waals surface area (Å²) in [5, 5.41) is 19.4. The fraction of sp³-hybridized carbons (Fsp3) is 0.263. The standard InChI is InChI=1S/C19H22Cl2N4O6S/c20-11-5-1-2-7-14(11)25(19(23)29)15-9-8-12(21)17(16(15)26)32(30,31)24-10-4-3-6-13(22)18(27)28/h1-2,5,7-9,13,24,26H,3-4,6,10,22H2,(H2,23,29)(H,27,28). The van der Waals surface area contributed by atoms with Crippen LogP contribution < -0.4 is 21.1 Å². The van der Waals surface area contributed by atoms with Gasteiger partial charge in [-0.25, -0.2) is 17.9 Å². The van der Waals surface area contributed by atoms with E-state index < -0.39 is 38.7 Å². The van der Waals surface area contributed by atoms with Gasteiger partial charge in [0, 0.05) is 6.54 Å². The number of carboxylic acids is 1. The predicted molar refractivity (Wildman–Crippen MR) is 121 cm³/mol. The van der Waals surface area contributed by atoms with E-state index in [9.17, 15) is 23.1 Å². The summed E-state index contributed by atoms with van der Waals surface area (Å²) in [4.78, 5) is 23.1. The summed E-state index contributed by atoms with van der Waals surface area (Å²) in [7, 11) is -4.30. The number of phenolic OH excluding ortho intramolecular Hbond substituents is 1. The number of unbranched alkanes of at least 4 members (excludes halogenated alkanes) is 1. The van der Waals surface area contributed by atoms with Crippen LogP contribution in [0.1, 0.15) is 19.3 Å². The molecule has 0 radical (unpaired) electrons. The van der Waals surface area contributed by atoms with E-state index in [1.165, 1.54) is 24.3 Å². The first kappa shape index (κ1) is 25.7. The summed E-state index contributed by atoms with van der Waals surface area (Å²) in [6.07, 6.45) is 0.826. The van der Waals surface area contributed by atoms with Crippen LogP contribution in [0, 0.1) is 0 Å². The molecule has 2 aromatic rings. The number of rotatable bonds is 10. The Bertz CT molecular complexity index is 1110. The number of aromatic hydroxyl groups is 1. The van der Waals surface area contributed by atoms with E-state index in [-0.39, 0.29) is 34.4 Å². The number of amides is 2. The topological polar surface area (TPSA) is 176 Å². The average Bonchev–Trinajstić information content (AvgIpc) is 2.70. The van der Waals surface area contributed by atoms with Crippen LogP contribution >= 0.6 is 23.2 Å². The Balaban J connectivity index is 2.31. The van der Waals surface area contributed by atoms with Crippen molar-refractivity contribution < 1.29 is 28.2 Å². The van der Waals surface area contributed by atoms with Crippen molar-refractivity contribution >= 4 is 56.6 Å². The van der Waals surface area contributed by atoms with Gasteiger partial charge in [-0.05, 0) is 37.1 Å². The van der Waals surface area contributed by atoms with Gasteiger partial charge in [-0.15, -0.1) is 0 Å². The number of para-hydroxylation sites is 1. The number of nitrogens with two attached hydrogens (primary N) is 2. The monoisotopic (exact) mass is 504 g/mol. The van der Waals surface area contributed by atoms with Crippen LogP contribution in [0.4, 0.5) is 16.2 Å². The molecule has 2 amide bonds. The quantitative estimate of drug-likeness (QED) is 0.308. The van der Waals surface area contributed by atoms with Crippen molar-refractivity contribution in [3.8, 4) is 5.75 Å². The van der Waals surface area contributed by atoms with E-state index in [2.05, 4.69) is 4.72 Å². The second-order valence-corrected chi connectivity index (χ2v) is 9.23. The van der Waals surface area contributed by atoms with E-state index in [4.69, 9.17) is 39.8 Å². The average molecular weight is 505 g/mol. The summed E-state index contributed by atoms with van der Waals surface area (Å²) >= 11 is 12.2. The lowest BCUT2D eigenvalue weighted by Crippen LogP contribution is -2.32. The molecule has 0 fully saturated rings. The molecule has 7 N–H and O–H groups in total. The Hall–Kier alpha value is -2.57. The fourth-order valence-electron chi connectivity index (χ4n) is 2.86. The minimum atomic E-state index is -4.30. The number of phenols is 1. The summed E-state index contributed by atoms with van der Waals surface area (Å²) in [5.74, 6) is -1.94. The second kappa shape index (κ2) is 10.8. The maximum atomic E-state index is 12.8. The molecule has 0 saturated carbocycles. The molecule has 0 heterocycles. The molecule has 2 aromatic carbocycles. The van der Waals surface area contributed by atoms with Crippen molar-refractivity contribution in [3.63, 3.8) is 0 Å². The number of carboxylic acid groups (broad SMARTS) is 1. The highest BCUT2D eigenvalue weighted by molar-refractivity contribution is 7.89.